The molecule has 29 heavy (non-hydrogen) atoms. The maximum absolute atomic E-state index is 12.7. The van der Waals surface area contributed by atoms with Gasteiger partial charge in [0.2, 0.25) is 0 Å². The first-order valence-corrected chi connectivity index (χ1v) is 9.70. The minimum Gasteiger partial charge on any atom is -0.366 e. The number of hydrogen-bond acceptors (Lipinski definition) is 4. The Labute approximate surface area is 173 Å². The quantitative estimate of drug-likeness (QED) is 0.656. The summed E-state index contributed by atoms with van der Waals surface area (Å²) in [6.45, 7) is 2.11. The van der Waals surface area contributed by atoms with Crippen LogP contribution in [0.3, 0.4) is 0 Å². The summed E-state index contributed by atoms with van der Waals surface area (Å²) in [7, 11) is 1.68. The number of rotatable bonds is 2. The van der Waals surface area contributed by atoms with Crippen molar-refractivity contribution in [1.82, 2.24) is 9.47 Å². The first-order chi connectivity index (χ1) is 14.0. The summed E-state index contributed by atoms with van der Waals surface area (Å²) in [5.74, 6) is -0.0457. The molecule has 7 heteroatoms. The maximum Gasteiger partial charge on any atom is 0.270 e. The average molecular weight is 407 g/mol. The molecule has 2 heterocycles. The molecular weight excluding hydrogens is 388 g/mol. The van der Waals surface area contributed by atoms with E-state index in [1.165, 1.54) is 4.57 Å². The third-order valence-electron chi connectivity index (χ3n) is 5.36. The van der Waals surface area contributed by atoms with Gasteiger partial charge in [0, 0.05) is 49.2 Å². The highest BCUT2D eigenvalue weighted by molar-refractivity contribution is 6.30. The van der Waals surface area contributed by atoms with Gasteiger partial charge in [-0.3, -0.25) is 9.59 Å². The summed E-state index contributed by atoms with van der Waals surface area (Å²) in [5.41, 5.74) is 1.88. The van der Waals surface area contributed by atoms with E-state index in [1.54, 1.807) is 36.2 Å². The summed E-state index contributed by atoms with van der Waals surface area (Å²) in [4.78, 5) is 29.3. The lowest BCUT2D eigenvalue weighted by atomic mass is 10.1. The van der Waals surface area contributed by atoms with E-state index in [-0.39, 0.29) is 17.0 Å². The topological polar surface area (TPSA) is 69.3 Å². The normalized spacial score (nSPS) is 14.1. The van der Waals surface area contributed by atoms with Crippen LogP contribution in [0.15, 0.2) is 53.3 Å². The smallest absolute Gasteiger partial charge is 0.270 e. The second-order valence-corrected chi connectivity index (χ2v) is 7.44. The van der Waals surface area contributed by atoms with Crippen molar-refractivity contribution in [2.24, 2.45) is 7.05 Å². The molecule has 0 bridgehead atoms. The van der Waals surface area contributed by atoms with Gasteiger partial charge in [0.25, 0.3) is 11.5 Å². The van der Waals surface area contributed by atoms with Crippen LogP contribution in [0.25, 0.3) is 10.9 Å². The van der Waals surface area contributed by atoms with Crippen LogP contribution in [-0.4, -0.2) is 41.6 Å². The molecule has 1 aliphatic heterocycles. The molecule has 2 aromatic carbocycles. The second-order valence-electron chi connectivity index (χ2n) is 7.00. The molecule has 1 aromatic heterocycles. The van der Waals surface area contributed by atoms with Crippen molar-refractivity contribution in [3.05, 3.63) is 75.0 Å². The molecule has 3 aromatic rings. The molecule has 4 rings (SSSR count). The number of halogens is 1. The van der Waals surface area contributed by atoms with E-state index in [1.807, 2.05) is 29.2 Å². The number of aromatic nitrogens is 1. The zero-order valence-corrected chi connectivity index (χ0v) is 16.7. The van der Waals surface area contributed by atoms with E-state index >= 15 is 0 Å². The number of pyridine rings is 1. The second kappa shape index (κ2) is 7.61. The van der Waals surface area contributed by atoms with Crippen LogP contribution < -0.4 is 10.5 Å². The molecule has 1 fully saturated rings. The number of piperazine rings is 1. The Kier molecular flexibility index (Phi) is 4.99. The number of nitriles is 1. The highest BCUT2D eigenvalue weighted by Gasteiger charge is 2.26. The van der Waals surface area contributed by atoms with E-state index in [9.17, 15) is 14.9 Å². The molecule has 146 valence electrons. The van der Waals surface area contributed by atoms with Crippen molar-refractivity contribution >= 4 is 34.1 Å². The zero-order valence-electron chi connectivity index (χ0n) is 15.9. The van der Waals surface area contributed by atoms with Crippen LogP contribution in [-0.2, 0) is 7.05 Å². The number of nitrogens with zero attached hydrogens (tertiary/aromatic N) is 4. The summed E-state index contributed by atoms with van der Waals surface area (Å²) in [6, 6.07) is 16.5. The van der Waals surface area contributed by atoms with Gasteiger partial charge in [-0.25, -0.2) is 0 Å². The monoisotopic (exact) mass is 406 g/mol. The third kappa shape index (κ3) is 3.34. The number of anilines is 1. The predicted octanol–water partition coefficient (Wildman–Crippen LogP) is 3.03. The number of amides is 1. The van der Waals surface area contributed by atoms with Gasteiger partial charge < -0.3 is 14.4 Å². The third-order valence-corrected chi connectivity index (χ3v) is 5.61. The van der Waals surface area contributed by atoms with Gasteiger partial charge in [-0.05, 0) is 30.3 Å². The molecule has 0 N–H and O–H groups in total. The lowest BCUT2D eigenvalue weighted by Crippen LogP contribution is -2.49. The van der Waals surface area contributed by atoms with Gasteiger partial charge in [-0.2, -0.15) is 5.26 Å². The van der Waals surface area contributed by atoms with Crippen LogP contribution in [0, 0.1) is 11.3 Å². The van der Waals surface area contributed by atoms with E-state index in [2.05, 4.69) is 6.07 Å². The molecule has 0 saturated carbocycles. The van der Waals surface area contributed by atoms with Crippen LogP contribution >= 0.6 is 11.6 Å². The zero-order chi connectivity index (χ0) is 20.5. The predicted molar refractivity (Wildman–Crippen MR) is 113 cm³/mol. The first-order valence-electron chi connectivity index (χ1n) is 9.33. The number of aryl methyl sites for hydroxylation is 1. The van der Waals surface area contributed by atoms with Crippen molar-refractivity contribution in [3.8, 4) is 6.07 Å². The number of carbonyl (C=O) groups is 1. The van der Waals surface area contributed by atoms with Gasteiger partial charge in [-0.1, -0.05) is 29.8 Å². The number of carbonyl (C=O) groups excluding carboxylic acids is 1. The van der Waals surface area contributed by atoms with E-state index in [0.29, 0.717) is 42.5 Å². The van der Waals surface area contributed by atoms with Crippen molar-refractivity contribution in [3.63, 3.8) is 0 Å². The molecule has 0 spiro atoms. The highest BCUT2D eigenvalue weighted by Crippen LogP contribution is 2.29. The Bertz CT molecular complexity index is 1190. The Balaban J connectivity index is 1.64. The van der Waals surface area contributed by atoms with E-state index in [0.717, 1.165) is 10.9 Å². The Hall–Kier alpha value is -3.30. The number of para-hydroxylation sites is 1. The van der Waals surface area contributed by atoms with Gasteiger partial charge in [0.1, 0.15) is 11.6 Å². The fourth-order valence-corrected chi connectivity index (χ4v) is 3.94. The molecular formula is C22H19ClN4O2. The Morgan fingerprint density at radius 3 is 2.34 bits per heavy atom. The first kappa shape index (κ1) is 19.0. The number of benzene rings is 2. The van der Waals surface area contributed by atoms with E-state index < -0.39 is 0 Å². The summed E-state index contributed by atoms with van der Waals surface area (Å²) in [6.07, 6.45) is 0. The van der Waals surface area contributed by atoms with Gasteiger partial charge in [-0.15, -0.1) is 0 Å². The molecule has 0 unspecified atom stereocenters. The van der Waals surface area contributed by atoms with Gasteiger partial charge in [0.05, 0.1) is 11.2 Å². The lowest BCUT2D eigenvalue weighted by Gasteiger charge is -2.37. The standard InChI is InChI=1S/C22H19ClN4O2/c1-25-19-5-3-2-4-17(19)20(18(14-24)22(25)29)26-10-12-27(13-11-26)21(28)15-6-8-16(23)9-7-15/h2-9H,10-13H2,1H3. The van der Waals surface area contributed by atoms with Crippen molar-refractivity contribution in [2.75, 3.05) is 31.1 Å². The van der Waals surface area contributed by atoms with Crippen molar-refractivity contribution < 1.29 is 4.79 Å². The van der Waals surface area contributed by atoms with Crippen LogP contribution in [0.1, 0.15) is 15.9 Å². The highest BCUT2D eigenvalue weighted by atomic mass is 35.5. The summed E-state index contributed by atoms with van der Waals surface area (Å²) >= 11 is 5.90. The molecule has 0 atom stereocenters. The summed E-state index contributed by atoms with van der Waals surface area (Å²) in [5, 5.41) is 11.1. The summed E-state index contributed by atoms with van der Waals surface area (Å²) < 4.78 is 1.51. The minimum absolute atomic E-state index is 0.0457. The Morgan fingerprint density at radius 1 is 1.03 bits per heavy atom. The van der Waals surface area contributed by atoms with Crippen LogP contribution in [0.4, 0.5) is 5.69 Å². The fraction of sp³-hybridized carbons (Fsp3) is 0.227. The average Bonchev–Trinajstić information content (AvgIpc) is 2.76. The molecule has 0 aliphatic carbocycles. The van der Waals surface area contributed by atoms with Crippen molar-refractivity contribution in [1.29, 1.82) is 5.26 Å². The SMILES string of the molecule is Cn1c(=O)c(C#N)c(N2CCN(C(=O)c3ccc(Cl)cc3)CC2)c2ccccc21. The molecule has 6 nitrogen and oxygen atoms in total. The minimum atomic E-state index is -0.305. The molecule has 1 saturated heterocycles. The maximum atomic E-state index is 12.7. The molecule has 0 radical (unpaired) electrons. The van der Waals surface area contributed by atoms with Crippen molar-refractivity contribution in [2.45, 2.75) is 0 Å². The fourth-order valence-electron chi connectivity index (χ4n) is 3.82. The number of hydrogen-bond donors (Lipinski definition) is 0. The van der Waals surface area contributed by atoms with E-state index in [4.69, 9.17) is 11.6 Å². The molecule has 1 amide bonds. The van der Waals surface area contributed by atoms with Gasteiger partial charge >= 0.3 is 0 Å². The molecule has 1 aliphatic rings. The largest absolute Gasteiger partial charge is 0.366 e. The Morgan fingerprint density at radius 2 is 1.69 bits per heavy atom. The van der Waals surface area contributed by atoms with Crippen LogP contribution in [0.2, 0.25) is 5.02 Å². The number of fused-ring (bicyclic) bond motifs is 1. The van der Waals surface area contributed by atoms with Gasteiger partial charge in [0.15, 0.2) is 0 Å². The van der Waals surface area contributed by atoms with Crippen LogP contribution in [0.5, 0.6) is 0 Å². The lowest BCUT2D eigenvalue weighted by molar-refractivity contribution is 0.0747.